The minimum atomic E-state index is -0.308. The van der Waals surface area contributed by atoms with Crippen LogP contribution in [0.5, 0.6) is 11.5 Å². The summed E-state index contributed by atoms with van der Waals surface area (Å²) >= 11 is 1.31. The number of rotatable bonds is 3. The van der Waals surface area contributed by atoms with Gasteiger partial charge < -0.3 is 9.47 Å². The van der Waals surface area contributed by atoms with E-state index in [1.54, 1.807) is 25.1 Å². The molecule has 5 rings (SSSR count). The monoisotopic (exact) mass is 407 g/mol. The number of benzene rings is 2. The Morgan fingerprint density at radius 3 is 2.76 bits per heavy atom. The molecule has 2 aliphatic heterocycles. The zero-order valence-electron chi connectivity index (χ0n) is 15.3. The average Bonchev–Trinajstić information content (AvgIpc) is 3.44. The first-order valence-corrected chi connectivity index (χ1v) is 9.69. The molecule has 0 radical (unpaired) electrons. The molecule has 0 atom stereocenters. The maximum Gasteiger partial charge on any atom is 0.282 e. The van der Waals surface area contributed by atoms with Crippen LogP contribution < -0.4 is 14.5 Å². The van der Waals surface area contributed by atoms with Crippen LogP contribution in [-0.4, -0.2) is 23.4 Å². The molecule has 8 heteroatoms. The van der Waals surface area contributed by atoms with Gasteiger partial charge in [-0.05, 0) is 55.0 Å². The summed E-state index contributed by atoms with van der Waals surface area (Å²) in [5.74, 6) is 0.783. The lowest BCUT2D eigenvalue weighted by Gasteiger charge is -2.07. The van der Waals surface area contributed by atoms with E-state index in [4.69, 9.17) is 9.47 Å². The molecule has 0 unspecified atom stereocenters. The maximum atomic E-state index is 13.1. The third kappa shape index (κ3) is 3.17. The number of fused-ring (bicyclic) bond motifs is 1. The lowest BCUT2D eigenvalue weighted by molar-refractivity contribution is -0.114. The van der Waals surface area contributed by atoms with Gasteiger partial charge in [0.25, 0.3) is 5.91 Å². The van der Waals surface area contributed by atoms with Crippen molar-refractivity contribution in [2.45, 2.75) is 6.92 Å². The van der Waals surface area contributed by atoms with E-state index in [0.717, 1.165) is 11.1 Å². The van der Waals surface area contributed by atoms with Crippen LogP contribution in [0.4, 0.5) is 9.52 Å². The van der Waals surface area contributed by atoms with Gasteiger partial charge in [0.15, 0.2) is 11.5 Å². The highest BCUT2D eigenvalue weighted by Gasteiger charge is 2.31. The Labute approximate surface area is 169 Å². The van der Waals surface area contributed by atoms with Crippen LogP contribution in [0.2, 0.25) is 0 Å². The minimum absolute atomic E-state index is 0.197. The van der Waals surface area contributed by atoms with Crippen molar-refractivity contribution < 1.29 is 18.7 Å². The normalized spacial score (nSPS) is 16.6. The van der Waals surface area contributed by atoms with E-state index in [2.05, 4.69) is 10.1 Å². The van der Waals surface area contributed by atoms with Crippen molar-refractivity contribution >= 4 is 34.2 Å². The summed E-state index contributed by atoms with van der Waals surface area (Å²) in [5, 5.41) is 7.95. The predicted molar refractivity (Wildman–Crippen MR) is 109 cm³/mol. The Balaban J connectivity index is 1.42. The van der Waals surface area contributed by atoms with Gasteiger partial charge in [0.2, 0.25) is 11.9 Å². The summed E-state index contributed by atoms with van der Waals surface area (Å²) in [6.45, 7) is 1.98. The fourth-order valence-corrected chi connectivity index (χ4v) is 3.88. The molecule has 0 aliphatic carbocycles. The molecular formula is C21H14FN3O3S. The van der Waals surface area contributed by atoms with Crippen molar-refractivity contribution in [3.8, 4) is 22.8 Å². The van der Waals surface area contributed by atoms with Gasteiger partial charge in [-0.2, -0.15) is 10.1 Å². The standard InChI is InChI=1S/C21H14FN3O3S/c1-12-16(8-13-2-7-18-19(9-13)28-11-27-18)20(26)25(24-12)21-23-17(10-29-21)14-3-5-15(22)6-4-14/h2-10H,11H2,1H3/b16-8-. The number of amides is 1. The fourth-order valence-electron chi connectivity index (χ4n) is 3.10. The van der Waals surface area contributed by atoms with Gasteiger partial charge in [0, 0.05) is 10.9 Å². The molecular weight excluding hydrogens is 393 g/mol. The largest absolute Gasteiger partial charge is 0.454 e. The number of thiazole rings is 1. The molecule has 0 N–H and O–H groups in total. The summed E-state index contributed by atoms with van der Waals surface area (Å²) in [4.78, 5) is 17.4. The van der Waals surface area contributed by atoms with Gasteiger partial charge in [-0.25, -0.2) is 9.37 Å². The van der Waals surface area contributed by atoms with E-state index < -0.39 is 0 Å². The smallest absolute Gasteiger partial charge is 0.282 e. The zero-order chi connectivity index (χ0) is 20.0. The zero-order valence-corrected chi connectivity index (χ0v) is 16.1. The molecule has 1 aromatic heterocycles. The minimum Gasteiger partial charge on any atom is -0.454 e. The third-order valence-electron chi connectivity index (χ3n) is 4.58. The van der Waals surface area contributed by atoms with E-state index in [-0.39, 0.29) is 18.5 Å². The van der Waals surface area contributed by atoms with Gasteiger partial charge in [0.1, 0.15) is 5.82 Å². The SMILES string of the molecule is CC1=NN(c2nc(-c3ccc(F)cc3)cs2)C(=O)/C1=C\c1ccc2c(c1)OCO2. The van der Waals surface area contributed by atoms with Crippen LogP contribution in [0.1, 0.15) is 12.5 Å². The topological polar surface area (TPSA) is 64.0 Å². The first kappa shape index (κ1) is 17.6. The number of hydrogen-bond donors (Lipinski definition) is 0. The van der Waals surface area contributed by atoms with Crippen LogP contribution in [0.3, 0.4) is 0 Å². The quantitative estimate of drug-likeness (QED) is 0.601. The number of hydrogen-bond acceptors (Lipinski definition) is 6. The van der Waals surface area contributed by atoms with E-state index >= 15 is 0 Å². The number of ether oxygens (including phenoxy) is 2. The van der Waals surface area contributed by atoms with Crippen LogP contribution in [0.25, 0.3) is 17.3 Å². The van der Waals surface area contributed by atoms with Crippen LogP contribution in [0, 0.1) is 5.82 Å². The number of anilines is 1. The highest BCUT2D eigenvalue weighted by molar-refractivity contribution is 7.14. The van der Waals surface area contributed by atoms with Crippen LogP contribution in [0.15, 0.2) is 58.5 Å². The second-order valence-corrected chi connectivity index (χ2v) is 7.33. The molecule has 0 saturated heterocycles. The van der Waals surface area contributed by atoms with E-state index in [1.807, 2.05) is 23.6 Å². The van der Waals surface area contributed by atoms with E-state index in [9.17, 15) is 9.18 Å². The number of carbonyl (C=O) groups excluding carboxylic acids is 1. The molecule has 1 amide bonds. The Bertz CT molecular complexity index is 1180. The first-order valence-electron chi connectivity index (χ1n) is 8.81. The highest BCUT2D eigenvalue weighted by Crippen LogP contribution is 2.35. The molecule has 0 bridgehead atoms. The molecule has 2 aliphatic rings. The summed E-state index contributed by atoms with van der Waals surface area (Å²) < 4.78 is 23.8. The van der Waals surface area contributed by atoms with Gasteiger partial charge in [-0.15, -0.1) is 11.3 Å². The van der Waals surface area contributed by atoms with Crippen molar-refractivity contribution in [2.75, 3.05) is 11.8 Å². The number of halogens is 1. The Hall–Kier alpha value is -3.52. The summed E-state index contributed by atoms with van der Waals surface area (Å²) in [5.41, 5.74) is 3.35. The summed E-state index contributed by atoms with van der Waals surface area (Å²) in [6.07, 6.45) is 1.78. The lowest BCUT2D eigenvalue weighted by Crippen LogP contribution is -2.21. The average molecular weight is 407 g/mol. The predicted octanol–water partition coefficient (Wildman–Crippen LogP) is 4.48. The number of hydrazone groups is 1. The number of aromatic nitrogens is 1. The lowest BCUT2D eigenvalue weighted by atomic mass is 10.1. The van der Waals surface area contributed by atoms with E-state index in [0.29, 0.717) is 33.6 Å². The Morgan fingerprint density at radius 2 is 1.93 bits per heavy atom. The molecule has 2 aromatic carbocycles. The fraction of sp³-hybridized carbons (Fsp3) is 0.0952. The van der Waals surface area contributed by atoms with Crippen molar-refractivity contribution in [3.05, 3.63) is 64.8 Å². The number of nitrogens with zero attached hydrogens (tertiary/aromatic N) is 3. The molecule has 0 spiro atoms. The Morgan fingerprint density at radius 1 is 1.14 bits per heavy atom. The summed E-state index contributed by atoms with van der Waals surface area (Å²) in [6, 6.07) is 11.6. The van der Waals surface area contributed by atoms with E-state index in [1.165, 1.54) is 28.5 Å². The molecule has 3 heterocycles. The number of carbonyl (C=O) groups is 1. The molecule has 29 heavy (non-hydrogen) atoms. The van der Waals surface area contributed by atoms with Crippen molar-refractivity contribution in [1.82, 2.24) is 4.98 Å². The van der Waals surface area contributed by atoms with Gasteiger partial charge in [-0.3, -0.25) is 4.79 Å². The van der Waals surface area contributed by atoms with Gasteiger partial charge in [0.05, 0.1) is 17.0 Å². The second-order valence-electron chi connectivity index (χ2n) is 6.50. The van der Waals surface area contributed by atoms with Crippen molar-refractivity contribution in [3.63, 3.8) is 0 Å². The van der Waals surface area contributed by atoms with Crippen molar-refractivity contribution in [2.24, 2.45) is 5.10 Å². The van der Waals surface area contributed by atoms with Gasteiger partial charge >= 0.3 is 0 Å². The van der Waals surface area contributed by atoms with Crippen molar-refractivity contribution in [1.29, 1.82) is 0 Å². The molecule has 144 valence electrons. The highest BCUT2D eigenvalue weighted by atomic mass is 32.1. The maximum absolute atomic E-state index is 13.1. The summed E-state index contributed by atoms with van der Waals surface area (Å²) in [7, 11) is 0. The van der Waals surface area contributed by atoms with Gasteiger partial charge in [-0.1, -0.05) is 6.07 Å². The van der Waals surface area contributed by atoms with Crippen LogP contribution >= 0.6 is 11.3 Å². The molecule has 6 nitrogen and oxygen atoms in total. The van der Waals surface area contributed by atoms with Crippen LogP contribution in [-0.2, 0) is 4.79 Å². The second kappa shape index (κ2) is 6.82. The molecule has 3 aromatic rings. The molecule has 0 fully saturated rings. The molecule has 0 saturated carbocycles. The third-order valence-corrected chi connectivity index (χ3v) is 5.40. The Kier molecular flexibility index (Phi) is 4.13. The first-order chi connectivity index (χ1) is 14.1.